The van der Waals surface area contributed by atoms with Gasteiger partial charge in [0, 0.05) is 6.42 Å². The molecule has 0 aliphatic carbocycles. The summed E-state index contributed by atoms with van der Waals surface area (Å²) in [6, 6.07) is 8.13. The second-order valence-electron chi connectivity index (χ2n) is 3.33. The van der Waals surface area contributed by atoms with Crippen molar-refractivity contribution in [2.45, 2.75) is 17.4 Å². The molecule has 1 atom stereocenters. The Bertz CT molecular complexity index is 408. The maximum atomic E-state index is 11.6. The molecule has 1 aromatic carbocycles. The van der Waals surface area contributed by atoms with Gasteiger partial charge in [0.15, 0.2) is 0 Å². The first kappa shape index (κ1) is 10.6. The number of ether oxygens (including phenoxy) is 1. The van der Waals surface area contributed by atoms with Crippen LogP contribution in [-0.2, 0) is 19.0 Å². The lowest BCUT2D eigenvalue weighted by Gasteiger charge is -2.03. The summed E-state index contributed by atoms with van der Waals surface area (Å²) in [6.45, 7) is 0.899. The van der Waals surface area contributed by atoms with Crippen LogP contribution < -0.4 is 0 Å². The van der Waals surface area contributed by atoms with Gasteiger partial charge in [-0.05, 0) is 12.1 Å². The Kier molecular flexibility index (Phi) is 3.04. The van der Waals surface area contributed by atoms with Crippen molar-refractivity contribution in [2.24, 2.45) is 0 Å². The molecule has 1 saturated heterocycles. The second kappa shape index (κ2) is 4.30. The van der Waals surface area contributed by atoms with Crippen LogP contribution in [0.15, 0.2) is 35.2 Å². The van der Waals surface area contributed by atoms with E-state index < -0.39 is 10.1 Å². The van der Waals surface area contributed by atoms with Gasteiger partial charge in [0.2, 0.25) is 0 Å². The summed E-state index contributed by atoms with van der Waals surface area (Å²) in [6.07, 6.45) is 0.822. The first-order valence-corrected chi connectivity index (χ1v) is 6.15. The molecular weight excluding hydrogens is 216 g/mol. The molecule has 1 unspecified atom stereocenters. The predicted octanol–water partition coefficient (Wildman–Crippen LogP) is 1.18. The molecule has 1 heterocycles. The Morgan fingerprint density at radius 1 is 1.33 bits per heavy atom. The van der Waals surface area contributed by atoms with Crippen LogP contribution in [-0.4, -0.2) is 27.7 Å². The highest BCUT2D eigenvalue weighted by Crippen LogP contribution is 2.16. The molecule has 4 nitrogen and oxygen atoms in total. The molecule has 82 valence electrons. The van der Waals surface area contributed by atoms with E-state index in [-0.39, 0.29) is 17.6 Å². The van der Waals surface area contributed by atoms with E-state index in [1.54, 1.807) is 18.2 Å². The lowest BCUT2D eigenvalue weighted by Crippen LogP contribution is -2.08. The van der Waals surface area contributed by atoms with Gasteiger partial charge in [0.05, 0.1) is 24.2 Å². The van der Waals surface area contributed by atoms with Crippen molar-refractivity contribution >= 4 is 10.1 Å². The third kappa shape index (κ3) is 3.02. The number of rotatable bonds is 5. The summed E-state index contributed by atoms with van der Waals surface area (Å²) >= 11 is 0. The number of epoxide rings is 1. The Labute approximate surface area is 88.9 Å². The summed E-state index contributed by atoms with van der Waals surface area (Å²) in [7, 11) is -3.58. The first-order valence-electron chi connectivity index (χ1n) is 4.74. The molecule has 0 spiro atoms. The van der Waals surface area contributed by atoms with E-state index in [0.29, 0.717) is 6.42 Å². The predicted molar refractivity (Wildman–Crippen MR) is 53.9 cm³/mol. The van der Waals surface area contributed by atoms with Crippen LogP contribution in [0.5, 0.6) is 0 Å². The molecular formula is C10H12O4S. The number of hydrogen-bond acceptors (Lipinski definition) is 4. The molecule has 1 aromatic rings. The average molecular weight is 228 g/mol. The van der Waals surface area contributed by atoms with E-state index >= 15 is 0 Å². The zero-order chi connectivity index (χ0) is 10.7. The molecule has 1 aliphatic rings. The topological polar surface area (TPSA) is 55.9 Å². The minimum atomic E-state index is -3.58. The van der Waals surface area contributed by atoms with E-state index in [4.69, 9.17) is 8.92 Å². The summed E-state index contributed by atoms with van der Waals surface area (Å²) in [5.41, 5.74) is 0. The van der Waals surface area contributed by atoms with Crippen LogP contribution >= 0.6 is 0 Å². The third-order valence-electron chi connectivity index (χ3n) is 2.11. The zero-order valence-electron chi connectivity index (χ0n) is 8.13. The summed E-state index contributed by atoms with van der Waals surface area (Å²) in [5, 5.41) is 0. The molecule has 15 heavy (non-hydrogen) atoms. The normalized spacial score (nSPS) is 20.1. The van der Waals surface area contributed by atoms with Crippen LogP contribution in [0, 0.1) is 0 Å². The van der Waals surface area contributed by atoms with Crippen molar-refractivity contribution in [1.82, 2.24) is 0 Å². The smallest absolute Gasteiger partial charge is 0.296 e. The van der Waals surface area contributed by atoms with Gasteiger partial charge in [-0.15, -0.1) is 0 Å². The van der Waals surface area contributed by atoms with Gasteiger partial charge in [-0.25, -0.2) is 0 Å². The van der Waals surface area contributed by atoms with Crippen LogP contribution in [0.3, 0.4) is 0 Å². The molecule has 1 aliphatic heterocycles. The van der Waals surface area contributed by atoms with Crippen molar-refractivity contribution < 1.29 is 17.3 Å². The zero-order valence-corrected chi connectivity index (χ0v) is 8.94. The first-order chi connectivity index (χ1) is 7.18. The molecule has 5 heteroatoms. The SMILES string of the molecule is O=S(=O)(OCCC1CO1)c1ccccc1. The van der Waals surface area contributed by atoms with E-state index in [9.17, 15) is 8.42 Å². The Morgan fingerprint density at radius 2 is 2.00 bits per heavy atom. The Morgan fingerprint density at radius 3 is 2.60 bits per heavy atom. The van der Waals surface area contributed by atoms with Gasteiger partial charge in [0.25, 0.3) is 10.1 Å². The largest absolute Gasteiger partial charge is 0.373 e. The molecule has 2 rings (SSSR count). The molecule has 0 aromatic heterocycles. The number of hydrogen-bond donors (Lipinski definition) is 0. The van der Waals surface area contributed by atoms with Crippen molar-refractivity contribution in [3.63, 3.8) is 0 Å². The maximum absolute atomic E-state index is 11.6. The monoisotopic (exact) mass is 228 g/mol. The molecule has 1 fully saturated rings. The Balaban J connectivity index is 1.93. The summed E-state index contributed by atoms with van der Waals surface area (Å²) in [4.78, 5) is 0.196. The average Bonchev–Trinajstić information content (AvgIpc) is 3.03. The third-order valence-corrected chi connectivity index (χ3v) is 3.44. The lowest BCUT2D eigenvalue weighted by molar-refractivity contribution is 0.286. The van der Waals surface area contributed by atoms with Crippen molar-refractivity contribution in [2.75, 3.05) is 13.2 Å². The minimum absolute atomic E-state index is 0.182. The quantitative estimate of drug-likeness (QED) is 0.561. The molecule has 0 bridgehead atoms. The summed E-state index contributed by atoms with van der Waals surface area (Å²) < 4.78 is 33.0. The molecule has 0 N–H and O–H groups in total. The fraction of sp³-hybridized carbons (Fsp3) is 0.400. The van der Waals surface area contributed by atoms with Crippen molar-refractivity contribution in [3.8, 4) is 0 Å². The fourth-order valence-corrected chi connectivity index (χ4v) is 2.12. The van der Waals surface area contributed by atoms with Crippen LogP contribution in [0.2, 0.25) is 0 Å². The molecule has 0 saturated carbocycles. The van der Waals surface area contributed by atoms with E-state index in [1.165, 1.54) is 12.1 Å². The van der Waals surface area contributed by atoms with Gasteiger partial charge >= 0.3 is 0 Å². The van der Waals surface area contributed by atoms with E-state index in [2.05, 4.69) is 0 Å². The van der Waals surface area contributed by atoms with E-state index in [1.807, 2.05) is 0 Å². The lowest BCUT2D eigenvalue weighted by atomic mass is 10.4. The summed E-state index contributed by atoms with van der Waals surface area (Å²) in [5.74, 6) is 0. The van der Waals surface area contributed by atoms with Gasteiger partial charge in [0.1, 0.15) is 0 Å². The van der Waals surface area contributed by atoms with Gasteiger partial charge < -0.3 is 4.74 Å². The molecule has 0 radical (unpaired) electrons. The van der Waals surface area contributed by atoms with Crippen molar-refractivity contribution in [3.05, 3.63) is 30.3 Å². The standard InChI is InChI=1S/C10H12O4S/c11-15(12,10-4-2-1-3-5-10)14-7-6-9-8-13-9/h1-5,9H,6-8H2. The van der Waals surface area contributed by atoms with Crippen LogP contribution in [0.25, 0.3) is 0 Å². The number of benzene rings is 1. The highest BCUT2D eigenvalue weighted by Gasteiger charge is 2.23. The second-order valence-corrected chi connectivity index (χ2v) is 4.95. The minimum Gasteiger partial charge on any atom is -0.373 e. The fourth-order valence-electron chi connectivity index (χ4n) is 1.18. The highest BCUT2D eigenvalue weighted by molar-refractivity contribution is 7.86. The van der Waals surface area contributed by atoms with Gasteiger partial charge in [-0.3, -0.25) is 4.18 Å². The van der Waals surface area contributed by atoms with Gasteiger partial charge in [-0.1, -0.05) is 18.2 Å². The van der Waals surface area contributed by atoms with Crippen LogP contribution in [0.4, 0.5) is 0 Å². The van der Waals surface area contributed by atoms with Gasteiger partial charge in [-0.2, -0.15) is 8.42 Å². The Hall–Kier alpha value is -0.910. The maximum Gasteiger partial charge on any atom is 0.296 e. The molecule has 0 amide bonds. The van der Waals surface area contributed by atoms with E-state index in [0.717, 1.165) is 6.61 Å². The highest BCUT2D eigenvalue weighted by atomic mass is 32.2. The van der Waals surface area contributed by atoms with Crippen molar-refractivity contribution in [1.29, 1.82) is 0 Å². The van der Waals surface area contributed by atoms with Crippen LogP contribution in [0.1, 0.15) is 6.42 Å².